The number of benzene rings is 1. The maximum atomic E-state index is 13.6. The fourth-order valence-electron chi connectivity index (χ4n) is 2.61. The lowest BCUT2D eigenvalue weighted by atomic mass is 10.3. The highest BCUT2D eigenvalue weighted by molar-refractivity contribution is 7.13. The summed E-state index contributed by atoms with van der Waals surface area (Å²) in [5.74, 6) is -1.97. The van der Waals surface area contributed by atoms with Crippen LogP contribution < -0.4 is 5.32 Å². The molecule has 14 heteroatoms. The molecule has 0 fully saturated rings. The fourth-order valence-corrected chi connectivity index (χ4v) is 3.52. The molecule has 1 aromatic carbocycles. The van der Waals surface area contributed by atoms with Crippen molar-refractivity contribution in [2.24, 2.45) is 0 Å². The second-order valence-corrected chi connectivity index (χ2v) is 7.38. The van der Waals surface area contributed by atoms with E-state index >= 15 is 0 Å². The van der Waals surface area contributed by atoms with Crippen LogP contribution in [-0.2, 0) is 6.18 Å². The van der Waals surface area contributed by atoms with E-state index in [9.17, 15) is 28.1 Å². The zero-order chi connectivity index (χ0) is 22.3. The van der Waals surface area contributed by atoms with E-state index in [2.05, 4.69) is 20.4 Å². The van der Waals surface area contributed by atoms with Crippen LogP contribution in [0.1, 0.15) is 16.3 Å². The summed E-state index contributed by atoms with van der Waals surface area (Å²) < 4.78 is 41.1. The second kappa shape index (κ2) is 7.59. The van der Waals surface area contributed by atoms with Gasteiger partial charge in [-0.05, 0) is 23.6 Å². The minimum Gasteiger partial charge on any atom is -0.318 e. The van der Waals surface area contributed by atoms with Crippen molar-refractivity contribution in [2.45, 2.75) is 6.18 Å². The van der Waals surface area contributed by atoms with Gasteiger partial charge in [0.1, 0.15) is 0 Å². The maximum Gasteiger partial charge on any atom is 0.433 e. The Morgan fingerprint density at radius 2 is 2.00 bits per heavy atom. The molecule has 0 aliphatic heterocycles. The molecule has 9 nitrogen and oxygen atoms in total. The van der Waals surface area contributed by atoms with Crippen LogP contribution in [0.3, 0.4) is 0 Å². The third-order valence-corrected chi connectivity index (χ3v) is 5.20. The Kier molecular flexibility index (Phi) is 5.07. The summed E-state index contributed by atoms with van der Waals surface area (Å²) in [6.07, 6.45) is -4.78. The summed E-state index contributed by atoms with van der Waals surface area (Å²) in [4.78, 5) is 30.9. The molecule has 4 aromatic rings. The number of halogens is 4. The van der Waals surface area contributed by atoms with Crippen molar-refractivity contribution >= 4 is 46.0 Å². The first-order chi connectivity index (χ1) is 14.6. The van der Waals surface area contributed by atoms with E-state index in [1.54, 1.807) is 17.5 Å². The van der Waals surface area contributed by atoms with Crippen LogP contribution in [0, 0.1) is 10.1 Å². The second-order valence-electron chi connectivity index (χ2n) is 6.02. The Hall–Kier alpha value is -3.58. The lowest BCUT2D eigenvalue weighted by Gasteiger charge is -2.09. The van der Waals surface area contributed by atoms with Crippen LogP contribution in [0.25, 0.3) is 16.3 Å². The van der Waals surface area contributed by atoms with Gasteiger partial charge >= 0.3 is 6.18 Å². The Morgan fingerprint density at radius 3 is 2.61 bits per heavy atom. The zero-order valence-corrected chi connectivity index (χ0v) is 16.5. The molecule has 0 saturated carbocycles. The summed E-state index contributed by atoms with van der Waals surface area (Å²) in [7, 11) is 0. The van der Waals surface area contributed by atoms with E-state index in [0.717, 1.165) is 18.2 Å². The van der Waals surface area contributed by atoms with Crippen molar-refractivity contribution in [2.75, 3.05) is 5.32 Å². The number of hydrogen-bond donors (Lipinski definition) is 1. The number of amides is 1. The van der Waals surface area contributed by atoms with E-state index in [4.69, 9.17) is 11.6 Å². The van der Waals surface area contributed by atoms with Gasteiger partial charge in [-0.2, -0.15) is 22.7 Å². The highest BCUT2D eigenvalue weighted by atomic mass is 35.5. The SMILES string of the molecule is O=C(Nc1ccc([N+](=O)[O-])cc1Cl)c1nc2nc(-c3cccs3)cc(C(F)(F)F)n2n1. The lowest BCUT2D eigenvalue weighted by Crippen LogP contribution is -2.16. The van der Waals surface area contributed by atoms with Crippen molar-refractivity contribution in [3.05, 3.63) is 68.4 Å². The van der Waals surface area contributed by atoms with Gasteiger partial charge < -0.3 is 5.32 Å². The lowest BCUT2D eigenvalue weighted by molar-refractivity contribution is -0.384. The average molecular weight is 469 g/mol. The van der Waals surface area contributed by atoms with Gasteiger partial charge in [-0.25, -0.2) is 4.98 Å². The van der Waals surface area contributed by atoms with Gasteiger partial charge in [0.25, 0.3) is 17.4 Å². The molecule has 0 unspecified atom stereocenters. The minimum absolute atomic E-state index is 0.000554. The smallest absolute Gasteiger partial charge is 0.318 e. The molecule has 3 aromatic heterocycles. The molecule has 0 aliphatic rings. The Balaban J connectivity index is 1.73. The molecular weight excluding hydrogens is 461 g/mol. The first kappa shape index (κ1) is 20.7. The molecule has 0 saturated heterocycles. The minimum atomic E-state index is -4.78. The quantitative estimate of drug-likeness (QED) is 0.343. The van der Waals surface area contributed by atoms with Crippen LogP contribution in [0.4, 0.5) is 24.5 Å². The standard InChI is InChI=1S/C17H8ClF3N6O3S/c18-9-6-8(27(29)30)3-4-10(9)22-15(28)14-24-16-23-11(12-2-1-5-31-12)7-13(17(19,20)21)26(16)25-14/h1-7H,(H,22,28). The van der Waals surface area contributed by atoms with Gasteiger partial charge in [0.2, 0.25) is 5.82 Å². The van der Waals surface area contributed by atoms with Gasteiger partial charge in [0.05, 0.1) is 26.2 Å². The van der Waals surface area contributed by atoms with E-state index in [-0.39, 0.29) is 22.1 Å². The first-order valence-corrected chi connectivity index (χ1v) is 9.53. The summed E-state index contributed by atoms with van der Waals surface area (Å²) in [5.41, 5.74) is -1.42. The third-order valence-electron chi connectivity index (χ3n) is 3.99. The topological polar surface area (TPSA) is 115 Å². The average Bonchev–Trinajstić information content (AvgIpc) is 3.37. The highest BCUT2D eigenvalue weighted by Gasteiger charge is 2.36. The largest absolute Gasteiger partial charge is 0.433 e. The molecule has 0 spiro atoms. The van der Waals surface area contributed by atoms with Gasteiger partial charge in [-0.3, -0.25) is 14.9 Å². The van der Waals surface area contributed by atoms with E-state index < -0.39 is 34.3 Å². The number of non-ortho nitro benzene ring substituents is 1. The Labute approximate surface area is 179 Å². The number of nitrogens with one attached hydrogen (secondary N) is 1. The predicted molar refractivity (Wildman–Crippen MR) is 105 cm³/mol. The van der Waals surface area contributed by atoms with Crippen LogP contribution in [0.2, 0.25) is 5.02 Å². The summed E-state index contributed by atoms with van der Waals surface area (Å²) >= 11 is 7.12. The monoisotopic (exact) mass is 468 g/mol. The third kappa shape index (κ3) is 4.04. The van der Waals surface area contributed by atoms with E-state index in [1.165, 1.54) is 17.4 Å². The van der Waals surface area contributed by atoms with E-state index in [1.807, 2.05) is 0 Å². The number of carbonyl (C=O) groups is 1. The number of anilines is 1. The number of carbonyl (C=O) groups excluding carboxylic acids is 1. The number of nitrogens with zero attached hydrogens (tertiary/aromatic N) is 5. The molecule has 0 aliphatic carbocycles. The number of rotatable bonds is 4. The Bertz CT molecular complexity index is 1320. The predicted octanol–water partition coefficient (Wildman–Crippen LogP) is 4.69. The van der Waals surface area contributed by atoms with Crippen LogP contribution in [0.5, 0.6) is 0 Å². The summed E-state index contributed by atoms with van der Waals surface area (Å²) in [5, 5.41) is 18.3. The Morgan fingerprint density at radius 1 is 1.23 bits per heavy atom. The number of fused-ring (bicyclic) bond motifs is 1. The molecule has 0 radical (unpaired) electrons. The van der Waals surface area contributed by atoms with Crippen LogP contribution in [0.15, 0.2) is 41.8 Å². The molecule has 0 bridgehead atoms. The number of nitro benzene ring substituents is 1. The highest BCUT2D eigenvalue weighted by Crippen LogP contribution is 2.33. The number of alkyl halides is 3. The molecule has 0 atom stereocenters. The first-order valence-electron chi connectivity index (χ1n) is 8.27. The molecule has 1 amide bonds. The van der Waals surface area contributed by atoms with E-state index in [0.29, 0.717) is 9.39 Å². The maximum absolute atomic E-state index is 13.6. The summed E-state index contributed by atoms with van der Waals surface area (Å²) in [6.45, 7) is 0. The van der Waals surface area contributed by atoms with Crippen molar-refractivity contribution in [1.29, 1.82) is 0 Å². The number of aromatic nitrogens is 4. The van der Waals surface area contributed by atoms with Crippen LogP contribution in [-0.4, -0.2) is 30.4 Å². The van der Waals surface area contributed by atoms with Gasteiger partial charge in [-0.1, -0.05) is 17.7 Å². The van der Waals surface area contributed by atoms with Crippen molar-refractivity contribution < 1.29 is 22.9 Å². The normalized spacial score (nSPS) is 11.6. The molecule has 158 valence electrons. The molecule has 3 heterocycles. The van der Waals surface area contributed by atoms with Crippen molar-refractivity contribution in [3.8, 4) is 10.6 Å². The number of thiophene rings is 1. The van der Waals surface area contributed by atoms with Gasteiger partial charge in [-0.15, -0.1) is 16.4 Å². The summed E-state index contributed by atoms with van der Waals surface area (Å²) in [6, 6.07) is 7.39. The molecule has 31 heavy (non-hydrogen) atoms. The van der Waals surface area contributed by atoms with Crippen LogP contribution >= 0.6 is 22.9 Å². The zero-order valence-electron chi connectivity index (χ0n) is 14.9. The molecular formula is C17H8ClF3N6O3S. The molecule has 1 N–H and O–H groups in total. The van der Waals surface area contributed by atoms with Gasteiger partial charge in [0, 0.05) is 12.1 Å². The fraction of sp³-hybridized carbons (Fsp3) is 0.0588. The molecule has 4 rings (SSSR count). The van der Waals surface area contributed by atoms with Gasteiger partial charge in [0.15, 0.2) is 5.69 Å². The van der Waals surface area contributed by atoms with Crippen molar-refractivity contribution in [1.82, 2.24) is 19.6 Å². The number of hydrogen-bond acceptors (Lipinski definition) is 7. The number of nitro groups is 1. The van der Waals surface area contributed by atoms with Crippen molar-refractivity contribution in [3.63, 3.8) is 0 Å².